The topological polar surface area (TPSA) is 45.8 Å². The van der Waals surface area contributed by atoms with E-state index in [4.69, 9.17) is 0 Å². The van der Waals surface area contributed by atoms with Crippen molar-refractivity contribution < 1.29 is 9.18 Å². The number of aldehydes is 1. The summed E-state index contributed by atoms with van der Waals surface area (Å²) in [6.07, 6.45) is 1.82. The number of halogens is 1. The zero-order valence-corrected chi connectivity index (χ0v) is 6.97. The zero-order chi connectivity index (χ0) is 9.42. The number of aromatic amines is 1. The lowest BCUT2D eigenvalue weighted by molar-refractivity contribution is 0.112. The van der Waals surface area contributed by atoms with Crippen molar-refractivity contribution in [3.63, 3.8) is 0 Å². The van der Waals surface area contributed by atoms with Gasteiger partial charge in [0.15, 0.2) is 6.29 Å². The van der Waals surface area contributed by atoms with E-state index in [1.54, 1.807) is 6.92 Å². The number of nitrogens with one attached hydrogen (secondary N) is 1. The molecule has 0 aliphatic heterocycles. The maximum Gasteiger partial charge on any atom is 0.154 e. The third-order valence-electron chi connectivity index (χ3n) is 1.95. The molecule has 2 aromatic heterocycles. The number of carbonyl (C=O) groups is 1. The minimum atomic E-state index is -0.411. The van der Waals surface area contributed by atoms with E-state index in [0.29, 0.717) is 22.3 Å². The fourth-order valence-corrected chi connectivity index (χ4v) is 1.34. The Labute approximate surface area is 73.6 Å². The summed E-state index contributed by atoms with van der Waals surface area (Å²) in [6, 6.07) is 1.32. The summed E-state index contributed by atoms with van der Waals surface area (Å²) in [5, 5.41) is 0. The Morgan fingerprint density at radius 1 is 1.62 bits per heavy atom. The summed E-state index contributed by atoms with van der Waals surface area (Å²) in [5.41, 5.74) is 2.28. The molecule has 0 amide bonds. The lowest BCUT2D eigenvalue weighted by Crippen LogP contribution is -1.83. The van der Waals surface area contributed by atoms with E-state index < -0.39 is 5.82 Å². The van der Waals surface area contributed by atoms with Crippen molar-refractivity contribution in [3.8, 4) is 0 Å². The van der Waals surface area contributed by atoms with Crippen LogP contribution in [0.5, 0.6) is 0 Å². The minimum Gasteiger partial charge on any atom is -0.357 e. The monoisotopic (exact) mass is 178 g/mol. The first-order valence-electron chi connectivity index (χ1n) is 3.81. The highest BCUT2D eigenvalue weighted by molar-refractivity contribution is 5.96. The van der Waals surface area contributed by atoms with E-state index in [0.717, 1.165) is 12.5 Å². The fourth-order valence-electron chi connectivity index (χ4n) is 1.34. The Bertz CT molecular complexity index is 476. The van der Waals surface area contributed by atoms with Crippen molar-refractivity contribution in [2.75, 3.05) is 0 Å². The van der Waals surface area contributed by atoms with Gasteiger partial charge in [0.25, 0.3) is 0 Å². The van der Waals surface area contributed by atoms with Gasteiger partial charge in [0.1, 0.15) is 5.82 Å². The van der Waals surface area contributed by atoms with Crippen molar-refractivity contribution in [3.05, 3.63) is 29.3 Å². The van der Waals surface area contributed by atoms with Crippen molar-refractivity contribution in [2.24, 2.45) is 0 Å². The summed E-state index contributed by atoms with van der Waals surface area (Å²) < 4.78 is 12.7. The molecule has 2 aromatic rings. The second kappa shape index (κ2) is 2.65. The van der Waals surface area contributed by atoms with Gasteiger partial charge in [0.05, 0.1) is 22.8 Å². The minimum absolute atomic E-state index is 0.411. The molecule has 0 saturated carbocycles. The first kappa shape index (κ1) is 7.91. The fraction of sp³-hybridized carbons (Fsp3) is 0.111. The highest BCUT2D eigenvalue weighted by atomic mass is 19.1. The second-order valence-corrected chi connectivity index (χ2v) is 2.83. The number of rotatable bonds is 1. The molecule has 0 aliphatic carbocycles. The zero-order valence-electron chi connectivity index (χ0n) is 6.97. The van der Waals surface area contributed by atoms with Gasteiger partial charge in [-0.1, -0.05) is 0 Å². The van der Waals surface area contributed by atoms with E-state index in [2.05, 4.69) is 9.97 Å². The quantitative estimate of drug-likeness (QED) is 0.677. The van der Waals surface area contributed by atoms with Gasteiger partial charge in [0.2, 0.25) is 0 Å². The molecule has 0 atom stereocenters. The Morgan fingerprint density at radius 3 is 3.08 bits per heavy atom. The summed E-state index contributed by atoms with van der Waals surface area (Å²) >= 11 is 0. The van der Waals surface area contributed by atoms with Gasteiger partial charge in [-0.2, -0.15) is 0 Å². The maximum atomic E-state index is 12.7. The predicted molar refractivity (Wildman–Crippen MR) is 46.2 cm³/mol. The van der Waals surface area contributed by atoms with E-state index in [1.807, 2.05) is 0 Å². The molecule has 0 bridgehead atoms. The SMILES string of the molecule is Cc1[nH]c2cc(F)cnc2c1C=O. The Hall–Kier alpha value is -1.71. The molecule has 0 unspecified atom stereocenters. The molecule has 0 aromatic carbocycles. The van der Waals surface area contributed by atoms with Crippen LogP contribution in [0.4, 0.5) is 4.39 Å². The number of nitrogens with zero attached hydrogens (tertiary/aromatic N) is 1. The first-order chi connectivity index (χ1) is 6.22. The van der Waals surface area contributed by atoms with Crippen LogP contribution in [0.3, 0.4) is 0 Å². The molecular weight excluding hydrogens is 171 g/mol. The van der Waals surface area contributed by atoms with Crippen molar-refractivity contribution in [2.45, 2.75) is 6.92 Å². The number of hydrogen-bond acceptors (Lipinski definition) is 2. The molecule has 66 valence electrons. The smallest absolute Gasteiger partial charge is 0.154 e. The second-order valence-electron chi connectivity index (χ2n) is 2.83. The van der Waals surface area contributed by atoms with Gasteiger partial charge in [-0.25, -0.2) is 4.39 Å². The molecule has 0 saturated heterocycles. The van der Waals surface area contributed by atoms with Crippen LogP contribution in [0.2, 0.25) is 0 Å². The van der Waals surface area contributed by atoms with Gasteiger partial charge in [-0.05, 0) is 6.92 Å². The number of aromatic nitrogens is 2. The van der Waals surface area contributed by atoms with E-state index in [-0.39, 0.29) is 0 Å². The molecule has 0 radical (unpaired) electrons. The van der Waals surface area contributed by atoms with Crippen molar-refractivity contribution in [1.29, 1.82) is 0 Å². The number of H-pyrrole nitrogens is 1. The highest BCUT2D eigenvalue weighted by Crippen LogP contribution is 2.18. The normalized spacial score (nSPS) is 10.6. The third kappa shape index (κ3) is 1.11. The lowest BCUT2D eigenvalue weighted by Gasteiger charge is -1.89. The summed E-state index contributed by atoms with van der Waals surface area (Å²) in [5.74, 6) is -0.411. The number of carbonyl (C=O) groups excluding carboxylic acids is 1. The Kier molecular flexibility index (Phi) is 1.62. The average Bonchev–Trinajstić information content (AvgIpc) is 2.39. The van der Waals surface area contributed by atoms with Crippen LogP contribution in [0.15, 0.2) is 12.3 Å². The molecule has 0 aliphatic rings. The van der Waals surface area contributed by atoms with Gasteiger partial charge in [-0.15, -0.1) is 0 Å². The molecule has 0 fully saturated rings. The standard InChI is InChI=1S/C9H7FN2O/c1-5-7(4-13)9-8(12-5)2-6(10)3-11-9/h2-4,12H,1H3. The molecule has 13 heavy (non-hydrogen) atoms. The number of fused-ring (bicyclic) bond motifs is 1. The van der Waals surface area contributed by atoms with Crippen LogP contribution in [0.1, 0.15) is 16.1 Å². The first-order valence-corrected chi connectivity index (χ1v) is 3.81. The van der Waals surface area contributed by atoms with Gasteiger partial charge >= 0.3 is 0 Å². The molecule has 0 spiro atoms. The van der Waals surface area contributed by atoms with E-state index in [1.165, 1.54) is 6.07 Å². The molecule has 4 heteroatoms. The van der Waals surface area contributed by atoms with Crippen molar-refractivity contribution in [1.82, 2.24) is 9.97 Å². The average molecular weight is 178 g/mol. The van der Waals surface area contributed by atoms with Gasteiger partial charge < -0.3 is 4.98 Å². The number of aryl methyl sites for hydroxylation is 1. The van der Waals surface area contributed by atoms with E-state index >= 15 is 0 Å². The lowest BCUT2D eigenvalue weighted by atomic mass is 10.2. The van der Waals surface area contributed by atoms with Crippen LogP contribution >= 0.6 is 0 Å². The number of pyridine rings is 1. The molecular formula is C9H7FN2O. The van der Waals surface area contributed by atoms with Crippen LogP contribution in [0, 0.1) is 12.7 Å². The van der Waals surface area contributed by atoms with Crippen LogP contribution < -0.4 is 0 Å². The highest BCUT2D eigenvalue weighted by Gasteiger charge is 2.08. The molecule has 1 N–H and O–H groups in total. The van der Waals surface area contributed by atoms with Gasteiger partial charge in [0, 0.05) is 11.8 Å². The maximum absolute atomic E-state index is 12.7. The van der Waals surface area contributed by atoms with Crippen LogP contribution in [0.25, 0.3) is 11.0 Å². The van der Waals surface area contributed by atoms with Crippen LogP contribution in [-0.4, -0.2) is 16.3 Å². The molecule has 2 heterocycles. The summed E-state index contributed by atoms with van der Waals surface area (Å²) in [6.45, 7) is 1.75. The van der Waals surface area contributed by atoms with Crippen molar-refractivity contribution >= 4 is 17.3 Å². The molecule has 2 rings (SSSR count). The van der Waals surface area contributed by atoms with Crippen LogP contribution in [-0.2, 0) is 0 Å². The van der Waals surface area contributed by atoms with Gasteiger partial charge in [-0.3, -0.25) is 9.78 Å². The third-order valence-corrected chi connectivity index (χ3v) is 1.95. The van der Waals surface area contributed by atoms with E-state index in [9.17, 15) is 9.18 Å². The molecule has 3 nitrogen and oxygen atoms in total. The Balaban J connectivity index is 2.86. The number of hydrogen-bond donors (Lipinski definition) is 1. The Morgan fingerprint density at radius 2 is 2.38 bits per heavy atom. The summed E-state index contributed by atoms with van der Waals surface area (Å²) in [7, 11) is 0. The largest absolute Gasteiger partial charge is 0.357 e. The summed E-state index contributed by atoms with van der Waals surface area (Å²) in [4.78, 5) is 17.4. The predicted octanol–water partition coefficient (Wildman–Crippen LogP) is 1.82.